The van der Waals surface area contributed by atoms with Crippen LogP contribution >= 0.6 is 0 Å². The summed E-state index contributed by atoms with van der Waals surface area (Å²) >= 11 is 0. The van der Waals surface area contributed by atoms with E-state index in [0.717, 1.165) is 5.57 Å². The zero-order valence-corrected chi connectivity index (χ0v) is 10.7. The van der Waals surface area contributed by atoms with Crippen LogP contribution in [0.2, 0.25) is 0 Å². The smallest absolute Gasteiger partial charge is 0.250 e. The van der Waals surface area contributed by atoms with Gasteiger partial charge in [-0.2, -0.15) is 0 Å². The van der Waals surface area contributed by atoms with E-state index in [0.29, 0.717) is 11.6 Å². The van der Waals surface area contributed by atoms with Crippen molar-refractivity contribution in [1.29, 1.82) is 0 Å². The Labute approximate surface area is 98.6 Å². The van der Waals surface area contributed by atoms with E-state index < -0.39 is 0 Å². The third-order valence-electron chi connectivity index (χ3n) is 2.30. The first-order valence-corrected chi connectivity index (χ1v) is 5.36. The van der Waals surface area contributed by atoms with E-state index >= 15 is 0 Å². The van der Waals surface area contributed by atoms with Crippen LogP contribution < -0.4 is 0 Å². The number of amides is 1. The molecule has 0 atom stereocenters. The number of carbonyl (C=O) groups excluding carboxylic acids is 1. The first kappa shape index (κ1) is 14.4. The number of hydrogen-bond acceptors (Lipinski definition) is 1. The van der Waals surface area contributed by atoms with Crippen LogP contribution in [0.5, 0.6) is 0 Å². The quantitative estimate of drug-likeness (QED) is 0.513. The van der Waals surface area contributed by atoms with Gasteiger partial charge in [-0.3, -0.25) is 4.79 Å². The van der Waals surface area contributed by atoms with E-state index in [1.165, 1.54) is 11.0 Å². The molecule has 0 N–H and O–H groups in total. The minimum absolute atomic E-state index is 0.0766. The molecular weight excluding hydrogens is 198 g/mol. The van der Waals surface area contributed by atoms with E-state index in [2.05, 4.69) is 27.0 Å². The second kappa shape index (κ2) is 6.83. The van der Waals surface area contributed by atoms with Crippen molar-refractivity contribution in [3.8, 4) is 0 Å². The molecule has 0 saturated carbocycles. The lowest BCUT2D eigenvalue weighted by atomic mass is 10.1. The molecule has 2 heteroatoms. The van der Waals surface area contributed by atoms with Gasteiger partial charge in [-0.05, 0) is 25.0 Å². The van der Waals surface area contributed by atoms with Crippen LogP contribution in [0, 0.1) is 5.92 Å². The van der Waals surface area contributed by atoms with Crippen molar-refractivity contribution in [2.24, 2.45) is 5.92 Å². The van der Waals surface area contributed by atoms with Crippen LogP contribution in [-0.2, 0) is 4.79 Å². The zero-order valence-electron chi connectivity index (χ0n) is 10.7. The van der Waals surface area contributed by atoms with Crippen molar-refractivity contribution in [2.45, 2.75) is 20.8 Å². The van der Waals surface area contributed by atoms with Gasteiger partial charge in [0.15, 0.2) is 0 Å². The first-order chi connectivity index (χ1) is 7.40. The van der Waals surface area contributed by atoms with E-state index in [4.69, 9.17) is 0 Å². The summed E-state index contributed by atoms with van der Waals surface area (Å²) in [7, 11) is 1.70. The normalized spacial score (nSPS) is 11.3. The van der Waals surface area contributed by atoms with Crippen LogP contribution in [0.3, 0.4) is 0 Å². The highest BCUT2D eigenvalue weighted by atomic mass is 16.2. The molecule has 0 aromatic heterocycles. The van der Waals surface area contributed by atoms with Crippen molar-refractivity contribution in [3.63, 3.8) is 0 Å². The van der Waals surface area contributed by atoms with Crippen molar-refractivity contribution in [1.82, 2.24) is 4.90 Å². The molecule has 0 rings (SSSR count). The Morgan fingerprint density at radius 2 is 1.75 bits per heavy atom. The summed E-state index contributed by atoms with van der Waals surface area (Å²) in [4.78, 5) is 13.0. The molecule has 16 heavy (non-hydrogen) atoms. The maximum Gasteiger partial charge on any atom is 0.250 e. The maximum absolute atomic E-state index is 11.5. The van der Waals surface area contributed by atoms with Crippen molar-refractivity contribution in [3.05, 3.63) is 48.7 Å². The molecule has 0 spiro atoms. The predicted octanol–water partition coefficient (Wildman–Crippen LogP) is 3.30. The van der Waals surface area contributed by atoms with Crippen molar-refractivity contribution >= 4 is 5.91 Å². The summed E-state index contributed by atoms with van der Waals surface area (Å²) in [5.74, 6) is 0.327. The number of rotatable bonds is 5. The molecule has 0 unspecified atom stereocenters. The molecule has 0 aliphatic heterocycles. The Morgan fingerprint density at radius 1 is 1.19 bits per heavy atom. The Balaban J connectivity index is 4.48. The van der Waals surface area contributed by atoms with Crippen LogP contribution in [0.1, 0.15) is 20.8 Å². The minimum atomic E-state index is -0.0766. The standard InChI is InChI=1S/C14H21NO/c1-7-8-14(16)15(6)13(5)10-9-12(4)11(2)3/h7-11H,4-5H2,1-3,6H3. The zero-order chi connectivity index (χ0) is 12.7. The third-order valence-corrected chi connectivity index (χ3v) is 2.30. The molecule has 0 aromatic rings. The van der Waals surface area contributed by atoms with Crippen LogP contribution in [-0.4, -0.2) is 17.9 Å². The molecule has 0 aliphatic carbocycles. The van der Waals surface area contributed by atoms with Crippen LogP contribution in [0.4, 0.5) is 0 Å². The predicted molar refractivity (Wildman–Crippen MR) is 69.8 cm³/mol. The lowest BCUT2D eigenvalue weighted by molar-refractivity contribution is -0.122. The van der Waals surface area contributed by atoms with Crippen molar-refractivity contribution in [2.75, 3.05) is 7.05 Å². The van der Waals surface area contributed by atoms with Crippen LogP contribution in [0.15, 0.2) is 48.7 Å². The summed E-state index contributed by atoms with van der Waals surface area (Å²) < 4.78 is 0. The summed E-state index contributed by atoms with van der Waals surface area (Å²) in [6.07, 6.45) is 6.93. The lowest BCUT2D eigenvalue weighted by Crippen LogP contribution is -2.22. The molecule has 0 aliphatic rings. The molecule has 1 amide bonds. The fourth-order valence-corrected chi connectivity index (χ4v) is 0.903. The monoisotopic (exact) mass is 219 g/mol. The minimum Gasteiger partial charge on any atom is -0.313 e. The highest BCUT2D eigenvalue weighted by molar-refractivity contribution is 5.88. The van der Waals surface area contributed by atoms with Gasteiger partial charge in [-0.25, -0.2) is 0 Å². The molecule has 0 aromatic carbocycles. The second-order valence-electron chi connectivity index (χ2n) is 3.95. The number of allylic oxidation sites excluding steroid dienone is 4. The van der Waals surface area contributed by atoms with E-state index in [1.807, 2.05) is 19.1 Å². The number of likely N-dealkylation sites (N-methyl/N-ethyl adjacent to an activating group) is 1. The van der Waals surface area contributed by atoms with Gasteiger partial charge < -0.3 is 4.90 Å². The average Bonchev–Trinajstić information content (AvgIpc) is 2.24. The number of hydrogen-bond donors (Lipinski definition) is 0. The van der Waals surface area contributed by atoms with Gasteiger partial charge >= 0.3 is 0 Å². The molecule has 0 bridgehead atoms. The second-order valence-corrected chi connectivity index (χ2v) is 3.95. The van der Waals surface area contributed by atoms with Gasteiger partial charge in [0, 0.05) is 12.7 Å². The molecule has 2 nitrogen and oxygen atoms in total. The number of nitrogens with zero attached hydrogens (tertiary/aromatic N) is 1. The lowest BCUT2D eigenvalue weighted by Gasteiger charge is -2.15. The molecular formula is C14H21NO. The van der Waals surface area contributed by atoms with Crippen molar-refractivity contribution < 1.29 is 4.79 Å². The molecule has 0 heterocycles. The fraction of sp³-hybridized carbons (Fsp3) is 0.357. The maximum atomic E-state index is 11.5. The fourth-order valence-electron chi connectivity index (χ4n) is 0.903. The average molecular weight is 219 g/mol. The highest BCUT2D eigenvalue weighted by Crippen LogP contribution is 2.10. The summed E-state index contributed by atoms with van der Waals surface area (Å²) in [6.45, 7) is 13.7. The molecule has 88 valence electrons. The molecule has 0 radical (unpaired) electrons. The Kier molecular flexibility index (Phi) is 6.16. The number of carbonyl (C=O) groups is 1. The SMILES string of the molecule is C=C(C=CC(=C)N(C)C(=O)C=CC)C(C)C. The molecule has 0 saturated heterocycles. The third kappa shape index (κ3) is 4.78. The summed E-state index contributed by atoms with van der Waals surface area (Å²) in [5, 5.41) is 0. The summed E-state index contributed by atoms with van der Waals surface area (Å²) in [5.41, 5.74) is 1.68. The summed E-state index contributed by atoms with van der Waals surface area (Å²) in [6, 6.07) is 0. The Morgan fingerprint density at radius 3 is 2.19 bits per heavy atom. The Bertz CT molecular complexity index is 335. The van der Waals surface area contributed by atoms with Gasteiger partial charge in [0.05, 0.1) is 0 Å². The molecule has 0 fully saturated rings. The van der Waals surface area contributed by atoms with Gasteiger partial charge in [-0.1, -0.05) is 44.7 Å². The largest absolute Gasteiger partial charge is 0.313 e. The van der Waals surface area contributed by atoms with Gasteiger partial charge in [-0.15, -0.1) is 0 Å². The van der Waals surface area contributed by atoms with Gasteiger partial charge in [0.2, 0.25) is 5.91 Å². The van der Waals surface area contributed by atoms with Gasteiger partial charge in [0.25, 0.3) is 0 Å². The highest BCUT2D eigenvalue weighted by Gasteiger charge is 2.05. The first-order valence-electron chi connectivity index (χ1n) is 5.36. The Hall–Kier alpha value is -1.57. The van der Waals surface area contributed by atoms with E-state index in [9.17, 15) is 4.79 Å². The van der Waals surface area contributed by atoms with E-state index in [1.54, 1.807) is 13.1 Å². The van der Waals surface area contributed by atoms with E-state index in [-0.39, 0.29) is 5.91 Å². The van der Waals surface area contributed by atoms with Gasteiger partial charge in [0.1, 0.15) is 0 Å². The van der Waals surface area contributed by atoms with Crippen LogP contribution in [0.25, 0.3) is 0 Å². The topological polar surface area (TPSA) is 20.3 Å².